The molecule has 1 aromatic heterocycles. The van der Waals surface area contributed by atoms with Crippen LogP contribution in [0.15, 0.2) is 24.5 Å². The van der Waals surface area contributed by atoms with Crippen LogP contribution in [0.1, 0.15) is 25.3 Å². The topological polar surface area (TPSA) is 37.0 Å². The summed E-state index contributed by atoms with van der Waals surface area (Å²) in [6.07, 6.45) is 7.23. The Morgan fingerprint density at radius 3 is 2.62 bits per heavy atom. The lowest BCUT2D eigenvalue weighted by atomic mass is 10.2. The van der Waals surface area contributed by atoms with Crippen LogP contribution in [0, 0.1) is 0 Å². The van der Waals surface area contributed by atoms with Gasteiger partial charge in [-0.3, -0.25) is 4.98 Å². The molecule has 2 N–H and O–H groups in total. The van der Waals surface area contributed by atoms with Gasteiger partial charge >= 0.3 is 0 Å². The molecule has 1 rings (SSSR count). The molecular formula is C13H23N3. The number of pyridine rings is 1. The highest BCUT2D eigenvalue weighted by atomic mass is 14.9. The predicted molar refractivity (Wildman–Crippen MR) is 68.6 cm³/mol. The van der Waals surface area contributed by atoms with E-state index in [4.69, 9.17) is 0 Å². The van der Waals surface area contributed by atoms with Gasteiger partial charge < -0.3 is 10.6 Å². The number of aromatic nitrogens is 1. The number of nitrogens with one attached hydrogen (secondary N) is 2. The molecule has 0 aliphatic carbocycles. The summed E-state index contributed by atoms with van der Waals surface area (Å²) in [5, 5.41) is 6.84. The first-order valence-electron chi connectivity index (χ1n) is 6.24. The number of rotatable bonds is 9. The van der Waals surface area contributed by atoms with E-state index in [0.717, 1.165) is 32.6 Å². The molecule has 0 aliphatic heterocycles. The Bertz CT molecular complexity index is 249. The molecule has 16 heavy (non-hydrogen) atoms. The summed E-state index contributed by atoms with van der Waals surface area (Å²) >= 11 is 0. The van der Waals surface area contributed by atoms with Crippen LogP contribution in [-0.2, 0) is 6.42 Å². The summed E-state index contributed by atoms with van der Waals surface area (Å²) in [6, 6.07) is 4.11. The Kier molecular flexibility index (Phi) is 7.64. The molecule has 90 valence electrons. The first-order valence-corrected chi connectivity index (χ1v) is 6.24. The third-order valence-corrected chi connectivity index (χ3v) is 2.45. The third kappa shape index (κ3) is 6.53. The Morgan fingerprint density at radius 2 is 1.94 bits per heavy atom. The molecule has 3 nitrogen and oxygen atoms in total. The molecule has 0 saturated heterocycles. The average molecular weight is 221 g/mol. The van der Waals surface area contributed by atoms with Crippen molar-refractivity contribution in [2.75, 3.05) is 26.2 Å². The average Bonchev–Trinajstić information content (AvgIpc) is 2.34. The summed E-state index contributed by atoms with van der Waals surface area (Å²) in [5.41, 5.74) is 1.30. The molecule has 0 unspecified atom stereocenters. The van der Waals surface area contributed by atoms with Crippen LogP contribution >= 0.6 is 0 Å². The zero-order chi connectivity index (χ0) is 11.5. The fourth-order valence-electron chi connectivity index (χ4n) is 1.54. The number of hydrogen-bond acceptors (Lipinski definition) is 3. The van der Waals surface area contributed by atoms with Crippen LogP contribution in [0.3, 0.4) is 0 Å². The van der Waals surface area contributed by atoms with Crippen molar-refractivity contribution < 1.29 is 0 Å². The standard InChI is InChI=1S/C13H23N3/c1-2-7-14-9-4-10-15-11-6-13-5-3-8-16-12-13/h3,5,8,12,14-15H,2,4,6-7,9-11H2,1H3. The van der Waals surface area contributed by atoms with Gasteiger partial charge in [-0.2, -0.15) is 0 Å². The van der Waals surface area contributed by atoms with E-state index in [1.165, 1.54) is 18.4 Å². The van der Waals surface area contributed by atoms with E-state index in [1.807, 2.05) is 18.5 Å². The second-order valence-corrected chi connectivity index (χ2v) is 3.96. The van der Waals surface area contributed by atoms with E-state index in [1.54, 1.807) is 0 Å². The van der Waals surface area contributed by atoms with Gasteiger partial charge in [-0.05, 0) is 57.1 Å². The second-order valence-electron chi connectivity index (χ2n) is 3.96. The fraction of sp³-hybridized carbons (Fsp3) is 0.615. The van der Waals surface area contributed by atoms with Crippen molar-refractivity contribution in [1.29, 1.82) is 0 Å². The molecule has 0 aliphatic rings. The number of hydrogen-bond donors (Lipinski definition) is 2. The summed E-state index contributed by atoms with van der Waals surface area (Å²) < 4.78 is 0. The van der Waals surface area contributed by atoms with E-state index in [-0.39, 0.29) is 0 Å². The summed E-state index contributed by atoms with van der Waals surface area (Å²) in [6.45, 7) is 6.58. The zero-order valence-corrected chi connectivity index (χ0v) is 10.2. The molecule has 0 atom stereocenters. The molecule has 0 bridgehead atoms. The lowest BCUT2D eigenvalue weighted by Crippen LogP contribution is -2.23. The molecule has 0 aromatic carbocycles. The van der Waals surface area contributed by atoms with Gasteiger partial charge in [-0.1, -0.05) is 13.0 Å². The Labute approximate surface area is 98.7 Å². The second kappa shape index (κ2) is 9.31. The van der Waals surface area contributed by atoms with Gasteiger partial charge in [-0.25, -0.2) is 0 Å². The van der Waals surface area contributed by atoms with Crippen molar-refractivity contribution in [3.63, 3.8) is 0 Å². The monoisotopic (exact) mass is 221 g/mol. The highest BCUT2D eigenvalue weighted by Crippen LogP contribution is 1.95. The molecule has 0 radical (unpaired) electrons. The number of nitrogens with zero attached hydrogens (tertiary/aromatic N) is 1. The van der Waals surface area contributed by atoms with Gasteiger partial charge in [0.1, 0.15) is 0 Å². The van der Waals surface area contributed by atoms with E-state index < -0.39 is 0 Å². The zero-order valence-electron chi connectivity index (χ0n) is 10.2. The minimum atomic E-state index is 1.04. The van der Waals surface area contributed by atoms with Gasteiger partial charge in [0.15, 0.2) is 0 Å². The molecule has 0 fully saturated rings. The van der Waals surface area contributed by atoms with Gasteiger partial charge in [0.25, 0.3) is 0 Å². The van der Waals surface area contributed by atoms with Crippen LogP contribution in [0.4, 0.5) is 0 Å². The largest absolute Gasteiger partial charge is 0.317 e. The minimum absolute atomic E-state index is 1.04. The molecule has 0 saturated carbocycles. The Balaban J connectivity index is 1.89. The van der Waals surface area contributed by atoms with Gasteiger partial charge in [0, 0.05) is 12.4 Å². The molecule has 1 aromatic rings. The van der Waals surface area contributed by atoms with E-state index in [9.17, 15) is 0 Å². The quantitative estimate of drug-likeness (QED) is 0.622. The van der Waals surface area contributed by atoms with Crippen molar-refractivity contribution in [3.05, 3.63) is 30.1 Å². The van der Waals surface area contributed by atoms with E-state index >= 15 is 0 Å². The normalized spacial score (nSPS) is 10.6. The molecule has 1 heterocycles. The van der Waals surface area contributed by atoms with Crippen molar-refractivity contribution in [2.45, 2.75) is 26.2 Å². The van der Waals surface area contributed by atoms with Gasteiger partial charge in [0.2, 0.25) is 0 Å². The molecule has 3 heteroatoms. The summed E-state index contributed by atoms with van der Waals surface area (Å²) in [7, 11) is 0. The summed E-state index contributed by atoms with van der Waals surface area (Å²) in [5.74, 6) is 0. The highest BCUT2D eigenvalue weighted by Gasteiger charge is 1.92. The first kappa shape index (κ1) is 13.1. The molecule has 0 spiro atoms. The maximum atomic E-state index is 4.10. The van der Waals surface area contributed by atoms with Crippen LogP contribution in [0.5, 0.6) is 0 Å². The van der Waals surface area contributed by atoms with Crippen LogP contribution in [0.2, 0.25) is 0 Å². The van der Waals surface area contributed by atoms with Crippen molar-refractivity contribution in [1.82, 2.24) is 15.6 Å². The van der Waals surface area contributed by atoms with E-state index in [2.05, 4.69) is 28.6 Å². The smallest absolute Gasteiger partial charge is 0.0300 e. The Hall–Kier alpha value is -0.930. The SMILES string of the molecule is CCCNCCCNCCc1cccnc1. The predicted octanol–water partition coefficient (Wildman–Crippen LogP) is 1.60. The lowest BCUT2D eigenvalue weighted by molar-refractivity contribution is 0.592. The van der Waals surface area contributed by atoms with E-state index in [0.29, 0.717) is 0 Å². The maximum absolute atomic E-state index is 4.10. The van der Waals surface area contributed by atoms with Crippen LogP contribution < -0.4 is 10.6 Å². The van der Waals surface area contributed by atoms with Gasteiger partial charge in [-0.15, -0.1) is 0 Å². The lowest BCUT2D eigenvalue weighted by Gasteiger charge is -2.05. The highest BCUT2D eigenvalue weighted by molar-refractivity contribution is 5.08. The molecule has 0 amide bonds. The van der Waals surface area contributed by atoms with Crippen molar-refractivity contribution >= 4 is 0 Å². The minimum Gasteiger partial charge on any atom is -0.317 e. The van der Waals surface area contributed by atoms with Crippen molar-refractivity contribution in [3.8, 4) is 0 Å². The first-order chi connectivity index (χ1) is 7.93. The Morgan fingerprint density at radius 1 is 1.12 bits per heavy atom. The van der Waals surface area contributed by atoms with Crippen LogP contribution in [-0.4, -0.2) is 31.2 Å². The third-order valence-electron chi connectivity index (χ3n) is 2.45. The fourth-order valence-corrected chi connectivity index (χ4v) is 1.54. The maximum Gasteiger partial charge on any atom is 0.0300 e. The van der Waals surface area contributed by atoms with Gasteiger partial charge in [0.05, 0.1) is 0 Å². The van der Waals surface area contributed by atoms with Crippen LogP contribution in [0.25, 0.3) is 0 Å². The molecular weight excluding hydrogens is 198 g/mol. The summed E-state index contributed by atoms with van der Waals surface area (Å²) in [4.78, 5) is 4.10. The van der Waals surface area contributed by atoms with Crippen molar-refractivity contribution in [2.24, 2.45) is 0 Å².